The summed E-state index contributed by atoms with van der Waals surface area (Å²) in [5, 5.41) is 3.65. The molecule has 2 aliphatic rings. The molecule has 2 aliphatic heterocycles. The average Bonchev–Trinajstić information content (AvgIpc) is 3.09. The van der Waals surface area contributed by atoms with Gasteiger partial charge in [0.2, 0.25) is 0 Å². The number of carbonyl (C=O) groups excluding carboxylic acids is 1. The van der Waals surface area contributed by atoms with Gasteiger partial charge in [-0.2, -0.15) is 0 Å². The fourth-order valence-electron chi connectivity index (χ4n) is 3.82. The van der Waals surface area contributed by atoms with Gasteiger partial charge in [0.15, 0.2) is 5.78 Å². The Morgan fingerprint density at radius 3 is 2.57 bits per heavy atom. The summed E-state index contributed by atoms with van der Waals surface area (Å²) >= 11 is 0. The molecule has 4 rings (SSSR count). The average molecular weight is 312 g/mol. The third-order valence-electron chi connectivity index (χ3n) is 4.97. The van der Waals surface area contributed by atoms with E-state index in [0.717, 1.165) is 19.4 Å². The van der Waals surface area contributed by atoms with Crippen LogP contribution in [-0.2, 0) is 11.3 Å². The molecule has 2 saturated heterocycles. The van der Waals surface area contributed by atoms with Crippen LogP contribution in [0.2, 0.25) is 0 Å². The zero-order valence-corrected chi connectivity index (χ0v) is 12.9. The number of fused-ring (bicyclic) bond motifs is 2. The van der Waals surface area contributed by atoms with Crippen molar-refractivity contribution in [1.29, 1.82) is 0 Å². The van der Waals surface area contributed by atoms with Crippen molar-refractivity contribution in [3.63, 3.8) is 0 Å². The third-order valence-corrected chi connectivity index (χ3v) is 4.97. The van der Waals surface area contributed by atoms with E-state index in [-0.39, 0.29) is 11.7 Å². The van der Waals surface area contributed by atoms with Crippen molar-refractivity contribution >= 4 is 5.78 Å². The fraction of sp³-hybridized carbons (Fsp3) is 0.444. The number of piperidine rings is 1. The Balaban J connectivity index is 1.49. The van der Waals surface area contributed by atoms with Crippen LogP contribution in [0.5, 0.6) is 0 Å². The lowest BCUT2D eigenvalue weighted by atomic mass is 9.81. The van der Waals surface area contributed by atoms with E-state index in [1.54, 1.807) is 0 Å². The van der Waals surface area contributed by atoms with E-state index < -0.39 is 0 Å². The molecule has 23 heavy (non-hydrogen) atoms. The lowest BCUT2D eigenvalue weighted by molar-refractivity contribution is -0.0872. The highest BCUT2D eigenvalue weighted by molar-refractivity contribution is 5.97. The van der Waals surface area contributed by atoms with Crippen LogP contribution in [-0.4, -0.2) is 41.1 Å². The first kappa shape index (κ1) is 14.6. The molecule has 120 valence electrons. The molecule has 0 aliphatic carbocycles. The number of rotatable bonds is 4. The van der Waals surface area contributed by atoms with E-state index in [9.17, 15) is 4.79 Å². The van der Waals surface area contributed by atoms with Crippen LogP contribution in [0.25, 0.3) is 0 Å². The van der Waals surface area contributed by atoms with Crippen LogP contribution in [0.3, 0.4) is 0 Å². The molecular weight excluding hydrogens is 292 g/mol. The van der Waals surface area contributed by atoms with Crippen LogP contribution in [0.15, 0.2) is 47.3 Å². The largest absolute Gasteiger partial charge is 0.378 e. The highest BCUT2D eigenvalue weighted by Gasteiger charge is 2.41. The number of carbonyl (C=O) groups is 1. The molecule has 1 aromatic heterocycles. The molecule has 0 amide bonds. The number of benzene rings is 1. The van der Waals surface area contributed by atoms with Crippen molar-refractivity contribution < 1.29 is 14.1 Å². The Labute approximate surface area is 135 Å². The molecule has 2 aromatic rings. The smallest absolute Gasteiger partial charge is 0.170 e. The molecule has 0 spiro atoms. The second kappa shape index (κ2) is 6.26. The first-order chi connectivity index (χ1) is 11.3. The first-order valence-electron chi connectivity index (χ1n) is 8.12. The van der Waals surface area contributed by atoms with E-state index in [4.69, 9.17) is 9.26 Å². The molecule has 3 heterocycles. The monoisotopic (exact) mass is 312 g/mol. The van der Waals surface area contributed by atoms with Gasteiger partial charge in [0, 0.05) is 24.5 Å². The molecule has 0 saturated carbocycles. The summed E-state index contributed by atoms with van der Waals surface area (Å²) in [4.78, 5) is 15.1. The highest BCUT2D eigenvalue weighted by Crippen LogP contribution is 2.34. The minimum atomic E-state index is 0.0420. The Morgan fingerprint density at radius 1 is 1.17 bits per heavy atom. The number of hydrogen-bond donors (Lipinski definition) is 0. The van der Waals surface area contributed by atoms with Crippen LogP contribution < -0.4 is 0 Å². The normalized spacial score (nSPS) is 27.7. The minimum absolute atomic E-state index is 0.0420. The van der Waals surface area contributed by atoms with Gasteiger partial charge < -0.3 is 9.26 Å². The number of hydrogen-bond acceptors (Lipinski definition) is 5. The van der Waals surface area contributed by atoms with Gasteiger partial charge in [0.1, 0.15) is 6.26 Å². The van der Waals surface area contributed by atoms with Crippen LogP contribution in [0, 0.1) is 5.92 Å². The SMILES string of the molecule is O=C(c1cnoc1)C1CC2COCC(C1)N2Cc1ccccc1. The second-order valence-electron chi connectivity index (χ2n) is 6.45. The summed E-state index contributed by atoms with van der Waals surface area (Å²) in [5.41, 5.74) is 1.90. The van der Waals surface area contributed by atoms with Gasteiger partial charge in [-0.1, -0.05) is 35.5 Å². The summed E-state index contributed by atoms with van der Waals surface area (Å²) < 4.78 is 10.6. The second-order valence-corrected chi connectivity index (χ2v) is 6.45. The van der Waals surface area contributed by atoms with Crippen molar-refractivity contribution in [1.82, 2.24) is 10.1 Å². The Morgan fingerprint density at radius 2 is 1.91 bits per heavy atom. The number of ketones is 1. The Kier molecular flexibility index (Phi) is 3.97. The van der Waals surface area contributed by atoms with Crippen molar-refractivity contribution in [2.75, 3.05) is 13.2 Å². The van der Waals surface area contributed by atoms with Gasteiger partial charge in [-0.05, 0) is 18.4 Å². The van der Waals surface area contributed by atoms with E-state index in [0.29, 0.717) is 30.9 Å². The van der Waals surface area contributed by atoms with Crippen molar-refractivity contribution in [2.45, 2.75) is 31.5 Å². The number of ether oxygens (including phenoxy) is 1. The summed E-state index contributed by atoms with van der Waals surface area (Å²) in [6.45, 7) is 2.33. The topological polar surface area (TPSA) is 55.6 Å². The van der Waals surface area contributed by atoms with Gasteiger partial charge in [0.05, 0.1) is 25.0 Å². The third kappa shape index (κ3) is 2.94. The van der Waals surface area contributed by atoms with Crippen LogP contribution >= 0.6 is 0 Å². The zero-order chi connectivity index (χ0) is 15.6. The standard InChI is InChI=1S/C18H20N2O3/c21-18(15-8-19-23-10-15)14-6-16-11-22-12-17(7-14)20(16)9-13-4-2-1-3-5-13/h1-5,8,10,14,16-17H,6-7,9,11-12H2. The summed E-state index contributed by atoms with van der Waals surface area (Å²) in [6.07, 6.45) is 4.65. The molecule has 5 nitrogen and oxygen atoms in total. The highest BCUT2D eigenvalue weighted by atomic mass is 16.5. The van der Waals surface area contributed by atoms with Gasteiger partial charge >= 0.3 is 0 Å². The molecule has 2 fully saturated rings. The zero-order valence-electron chi connectivity index (χ0n) is 12.9. The molecule has 0 N–H and O–H groups in total. The Hall–Kier alpha value is -1.98. The molecule has 2 unspecified atom stereocenters. The predicted molar refractivity (Wildman–Crippen MR) is 83.9 cm³/mol. The molecular formula is C18H20N2O3. The maximum absolute atomic E-state index is 12.6. The maximum atomic E-state index is 12.6. The van der Waals surface area contributed by atoms with E-state index in [1.807, 2.05) is 6.07 Å². The van der Waals surface area contributed by atoms with Crippen LogP contribution in [0.1, 0.15) is 28.8 Å². The number of Topliss-reactive ketones (excluding diaryl/α,β-unsaturated/α-hetero) is 1. The van der Waals surface area contributed by atoms with E-state index in [1.165, 1.54) is 18.0 Å². The van der Waals surface area contributed by atoms with E-state index in [2.05, 4.69) is 34.3 Å². The van der Waals surface area contributed by atoms with Gasteiger partial charge in [-0.3, -0.25) is 9.69 Å². The molecule has 2 bridgehead atoms. The van der Waals surface area contributed by atoms with Crippen molar-refractivity contribution in [3.05, 3.63) is 53.9 Å². The number of morpholine rings is 1. The number of aromatic nitrogens is 1. The predicted octanol–water partition coefficient (Wildman–Crippen LogP) is 2.54. The molecule has 2 atom stereocenters. The molecule has 1 aromatic carbocycles. The molecule has 0 radical (unpaired) electrons. The summed E-state index contributed by atoms with van der Waals surface area (Å²) in [6, 6.07) is 11.1. The van der Waals surface area contributed by atoms with Gasteiger partial charge in [0.25, 0.3) is 0 Å². The minimum Gasteiger partial charge on any atom is -0.378 e. The van der Waals surface area contributed by atoms with Gasteiger partial charge in [-0.15, -0.1) is 0 Å². The van der Waals surface area contributed by atoms with Gasteiger partial charge in [-0.25, -0.2) is 0 Å². The van der Waals surface area contributed by atoms with Crippen LogP contribution in [0.4, 0.5) is 0 Å². The molecule has 5 heteroatoms. The lowest BCUT2D eigenvalue weighted by Crippen LogP contribution is -2.57. The first-order valence-corrected chi connectivity index (χ1v) is 8.12. The Bertz CT molecular complexity index is 642. The maximum Gasteiger partial charge on any atom is 0.170 e. The number of nitrogens with zero attached hydrogens (tertiary/aromatic N) is 2. The van der Waals surface area contributed by atoms with E-state index >= 15 is 0 Å². The quantitative estimate of drug-likeness (QED) is 0.812. The van der Waals surface area contributed by atoms with Crippen molar-refractivity contribution in [3.8, 4) is 0 Å². The fourth-order valence-corrected chi connectivity index (χ4v) is 3.82. The summed E-state index contributed by atoms with van der Waals surface area (Å²) in [7, 11) is 0. The lowest BCUT2D eigenvalue weighted by Gasteiger charge is -2.48. The van der Waals surface area contributed by atoms with Crippen molar-refractivity contribution in [2.24, 2.45) is 5.92 Å². The summed E-state index contributed by atoms with van der Waals surface area (Å²) in [5.74, 6) is 0.197.